The molecule has 0 bridgehead atoms. The topological polar surface area (TPSA) is 9.23 Å². The summed E-state index contributed by atoms with van der Waals surface area (Å²) in [5.74, 6) is 1.11. The number of aryl methyl sites for hydroxylation is 1. The zero-order valence-corrected chi connectivity index (χ0v) is 13.4. The van der Waals surface area contributed by atoms with E-state index in [2.05, 4.69) is 6.08 Å². The van der Waals surface area contributed by atoms with Crippen LogP contribution in [-0.4, -0.2) is 6.61 Å². The molecule has 1 saturated carbocycles. The van der Waals surface area contributed by atoms with Crippen LogP contribution >= 0.6 is 0 Å². The fourth-order valence-electron chi connectivity index (χ4n) is 3.89. The molecule has 1 heterocycles. The van der Waals surface area contributed by atoms with Crippen LogP contribution in [0.4, 0.5) is 8.78 Å². The maximum absolute atomic E-state index is 14.1. The highest BCUT2D eigenvalue weighted by molar-refractivity contribution is 5.28. The fourth-order valence-corrected chi connectivity index (χ4v) is 3.89. The Balaban J connectivity index is 1.64. The van der Waals surface area contributed by atoms with Gasteiger partial charge in [-0.2, -0.15) is 0 Å². The molecule has 1 atom stereocenters. The molecule has 3 heteroatoms. The number of hydrogen-bond donors (Lipinski definition) is 0. The second kappa shape index (κ2) is 6.39. The minimum atomic E-state index is -0.680. The fraction of sp³-hybridized carbons (Fsp3) is 0.579. The van der Waals surface area contributed by atoms with Crippen molar-refractivity contribution in [2.45, 2.75) is 51.9 Å². The van der Waals surface area contributed by atoms with Gasteiger partial charge in [0.2, 0.25) is 0 Å². The predicted molar refractivity (Wildman–Crippen MR) is 83.6 cm³/mol. The summed E-state index contributed by atoms with van der Waals surface area (Å²) in [5, 5.41) is 0. The maximum Gasteiger partial charge on any atom is 0.162 e. The number of rotatable bonds is 2. The molecule has 0 amide bonds. The van der Waals surface area contributed by atoms with Crippen LogP contribution in [-0.2, 0) is 4.74 Å². The number of ether oxygens (including phenoxy) is 1. The molecule has 1 aliphatic carbocycles. The predicted octanol–water partition coefficient (Wildman–Crippen LogP) is 5.49. The van der Waals surface area contributed by atoms with Gasteiger partial charge in [-0.3, -0.25) is 0 Å². The Labute approximate surface area is 131 Å². The molecule has 0 saturated heterocycles. The van der Waals surface area contributed by atoms with E-state index in [1.54, 1.807) is 19.1 Å². The zero-order valence-electron chi connectivity index (χ0n) is 13.4. The highest BCUT2D eigenvalue weighted by Gasteiger charge is 2.31. The van der Waals surface area contributed by atoms with E-state index in [-0.39, 0.29) is 5.92 Å². The molecule has 0 radical (unpaired) electrons. The normalized spacial score (nSPS) is 28.9. The molecule has 0 N–H and O–H groups in total. The van der Waals surface area contributed by atoms with Gasteiger partial charge >= 0.3 is 0 Å². The van der Waals surface area contributed by atoms with Crippen molar-refractivity contribution in [1.82, 2.24) is 0 Å². The molecule has 1 fully saturated rings. The molecule has 1 aliphatic heterocycles. The smallest absolute Gasteiger partial charge is 0.162 e. The quantitative estimate of drug-likeness (QED) is 0.702. The van der Waals surface area contributed by atoms with Gasteiger partial charge in [0.05, 0.1) is 12.4 Å². The van der Waals surface area contributed by atoms with E-state index in [4.69, 9.17) is 4.74 Å². The van der Waals surface area contributed by atoms with E-state index in [9.17, 15) is 8.78 Å². The average molecular weight is 306 g/mol. The Morgan fingerprint density at radius 2 is 1.68 bits per heavy atom. The van der Waals surface area contributed by atoms with Gasteiger partial charge in [0.25, 0.3) is 0 Å². The summed E-state index contributed by atoms with van der Waals surface area (Å²) in [7, 11) is 0. The van der Waals surface area contributed by atoms with Gasteiger partial charge in [-0.25, -0.2) is 8.78 Å². The maximum atomic E-state index is 14.1. The van der Waals surface area contributed by atoms with Gasteiger partial charge in [-0.1, -0.05) is 12.1 Å². The van der Waals surface area contributed by atoms with Gasteiger partial charge in [0.15, 0.2) is 11.6 Å². The van der Waals surface area contributed by atoms with E-state index in [1.165, 1.54) is 0 Å². The Hall–Kier alpha value is -1.38. The first-order chi connectivity index (χ1) is 10.6. The number of hydrogen-bond acceptors (Lipinski definition) is 1. The monoisotopic (exact) mass is 306 g/mol. The van der Waals surface area contributed by atoms with Crippen LogP contribution in [0.1, 0.15) is 56.1 Å². The Bertz CT molecular complexity index is 571. The molecule has 1 unspecified atom stereocenters. The van der Waals surface area contributed by atoms with Gasteiger partial charge in [0.1, 0.15) is 0 Å². The largest absolute Gasteiger partial charge is 0.498 e. The molecule has 0 aromatic heterocycles. The highest BCUT2D eigenvalue weighted by Crippen LogP contribution is 2.41. The summed E-state index contributed by atoms with van der Waals surface area (Å²) in [6.07, 6.45) is 7.33. The van der Waals surface area contributed by atoms with Crippen molar-refractivity contribution in [3.8, 4) is 0 Å². The highest BCUT2D eigenvalue weighted by atomic mass is 19.2. The third kappa shape index (κ3) is 3.04. The molecular weight excluding hydrogens is 282 g/mol. The van der Waals surface area contributed by atoms with Crippen molar-refractivity contribution in [3.05, 3.63) is 46.7 Å². The standard InChI is InChI=1S/C19H24F2O/c1-12-3-10-17(19(21)18(12)20)15-8-6-14(7-9-15)16-5-4-13(2)22-11-16/h3-4,10,14-16H,5-9,11H2,1-2H3. The van der Waals surface area contributed by atoms with Crippen LogP contribution in [0.2, 0.25) is 0 Å². The van der Waals surface area contributed by atoms with Gasteiger partial charge < -0.3 is 4.74 Å². The van der Waals surface area contributed by atoms with Gasteiger partial charge in [-0.15, -0.1) is 0 Å². The number of halogens is 2. The zero-order chi connectivity index (χ0) is 15.7. The minimum absolute atomic E-state index is 0.160. The average Bonchev–Trinajstić information content (AvgIpc) is 2.54. The van der Waals surface area contributed by atoms with Crippen molar-refractivity contribution in [2.75, 3.05) is 6.61 Å². The molecule has 0 spiro atoms. The Morgan fingerprint density at radius 3 is 2.32 bits per heavy atom. The minimum Gasteiger partial charge on any atom is -0.498 e. The van der Waals surface area contributed by atoms with Crippen LogP contribution < -0.4 is 0 Å². The van der Waals surface area contributed by atoms with E-state index in [0.29, 0.717) is 23.0 Å². The van der Waals surface area contributed by atoms with E-state index < -0.39 is 11.6 Å². The lowest BCUT2D eigenvalue weighted by atomic mass is 9.72. The first kappa shape index (κ1) is 15.5. The van der Waals surface area contributed by atoms with Gasteiger partial charge in [0, 0.05) is 0 Å². The van der Waals surface area contributed by atoms with Gasteiger partial charge in [-0.05, 0) is 80.9 Å². The summed E-state index contributed by atoms with van der Waals surface area (Å²) >= 11 is 0. The molecule has 22 heavy (non-hydrogen) atoms. The third-order valence-corrected chi connectivity index (χ3v) is 5.42. The summed E-state index contributed by atoms with van der Waals surface area (Å²) in [5.41, 5.74) is 0.952. The van der Waals surface area contributed by atoms with Crippen LogP contribution in [0.3, 0.4) is 0 Å². The molecule has 3 rings (SSSR count). The van der Waals surface area contributed by atoms with Crippen molar-refractivity contribution < 1.29 is 13.5 Å². The molecule has 1 nitrogen and oxygen atoms in total. The van der Waals surface area contributed by atoms with E-state index in [0.717, 1.165) is 44.5 Å². The van der Waals surface area contributed by atoms with Crippen LogP contribution in [0.5, 0.6) is 0 Å². The molecule has 1 aromatic rings. The van der Waals surface area contributed by atoms with Crippen molar-refractivity contribution >= 4 is 0 Å². The van der Waals surface area contributed by atoms with Crippen LogP contribution in [0.25, 0.3) is 0 Å². The van der Waals surface area contributed by atoms with Crippen LogP contribution in [0.15, 0.2) is 24.0 Å². The molecular formula is C19H24F2O. The second-order valence-electron chi connectivity index (χ2n) is 6.83. The third-order valence-electron chi connectivity index (χ3n) is 5.42. The van der Waals surface area contributed by atoms with Crippen LogP contribution in [0, 0.1) is 30.4 Å². The lowest BCUT2D eigenvalue weighted by Crippen LogP contribution is -2.26. The summed E-state index contributed by atoms with van der Waals surface area (Å²) < 4.78 is 33.5. The first-order valence-electron chi connectivity index (χ1n) is 8.30. The van der Waals surface area contributed by atoms with Crippen molar-refractivity contribution in [3.63, 3.8) is 0 Å². The molecule has 2 aliphatic rings. The number of allylic oxidation sites excluding steroid dienone is 2. The Morgan fingerprint density at radius 1 is 0.955 bits per heavy atom. The second-order valence-corrected chi connectivity index (χ2v) is 6.83. The summed E-state index contributed by atoms with van der Waals surface area (Å²) in [6, 6.07) is 3.47. The first-order valence-corrected chi connectivity index (χ1v) is 8.30. The number of benzene rings is 1. The van der Waals surface area contributed by atoms with E-state index in [1.807, 2.05) is 6.92 Å². The molecule has 120 valence electrons. The summed E-state index contributed by atoms with van der Waals surface area (Å²) in [6.45, 7) is 4.42. The van der Waals surface area contributed by atoms with Crippen molar-refractivity contribution in [1.29, 1.82) is 0 Å². The SMILES string of the molecule is CC1=CCC(C2CCC(c3ccc(C)c(F)c3F)CC2)CO1. The lowest BCUT2D eigenvalue weighted by molar-refractivity contribution is 0.0950. The molecule has 1 aromatic carbocycles. The summed E-state index contributed by atoms with van der Waals surface area (Å²) in [4.78, 5) is 0. The Kier molecular flexibility index (Phi) is 4.51. The lowest BCUT2D eigenvalue weighted by Gasteiger charge is -2.35. The van der Waals surface area contributed by atoms with E-state index >= 15 is 0 Å². The van der Waals surface area contributed by atoms with Crippen molar-refractivity contribution in [2.24, 2.45) is 11.8 Å².